The van der Waals surface area contributed by atoms with Crippen LogP contribution in [-0.2, 0) is 22.5 Å². The van der Waals surface area contributed by atoms with E-state index in [9.17, 15) is 4.79 Å². The predicted molar refractivity (Wildman–Crippen MR) is 87.2 cm³/mol. The maximum Gasteiger partial charge on any atom is 0.237 e. The molecule has 0 fully saturated rings. The molecule has 0 saturated carbocycles. The number of nitrogens with one attached hydrogen (secondary N) is 1. The van der Waals surface area contributed by atoms with E-state index in [1.807, 2.05) is 60.7 Å². The molecule has 0 aromatic heterocycles. The molecule has 116 valence electrons. The van der Waals surface area contributed by atoms with Gasteiger partial charge in [0, 0.05) is 20.1 Å². The lowest BCUT2D eigenvalue weighted by Gasteiger charge is -2.25. The van der Waals surface area contributed by atoms with E-state index in [4.69, 9.17) is 10.5 Å². The van der Waals surface area contributed by atoms with Gasteiger partial charge >= 0.3 is 0 Å². The first-order valence-corrected chi connectivity index (χ1v) is 7.34. The van der Waals surface area contributed by atoms with Gasteiger partial charge < -0.3 is 10.5 Å². The molecule has 2 aromatic rings. The summed E-state index contributed by atoms with van der Waals surface area (Å²) >= 11 is 0. The summed E-state index contributed by atoms with van der Waals surface area (Å²) in [4.78, 5) is 11.8. The molecule has 2 unspecified atom stereocenters. The zero-order valence-electron chi connectivity index (χ0n) is 12.7. The Morgan fingerprint density at radius 2 is 1.59 bits per heavy atom. The van der Waals surface area contributed by atoms with Crippen LogP contribution in [0.2, 0.25) is 0 Å². The summed E-state index contributed by atoms with van der Waals surface area (Å²) in [6.07, 6.45) is 0.329. The number of carbonyl (C=O) groups excluding carboxylic acids is 1. The quantitative estimate of drug-likeness (QED) is 0.782. The first kappa shape index (κ1) is 16.2. The van der Waals surface area contributed by atoms with E-state index in [1.54, 1.807) is 7.11 Å². The van der Waals surface area contributed by atoms with Crippen LogP contribution in [0.15, 0.2) is 60.7 Å². The van der Waals surface area contributed by atoms with Crippen LogP contribution in [0, 0.1) is 0 Å². The topological polar surface area (TPSA) is 64.3 Å². The van der Waals surface area contributed by atoms with Gasteiger partial charge in [0.1, 0.15) is 6.04 Å². The van der Waals surface area contributed by atoms with Crippen molar-refractivity contribution in [3.8, 4) is 0 Å². The molecule has 3 N–H and O–H groups in total. The highest BCUT2D eigenvalue weighted by Gasteiger charge is 2.26. The zero-order valence-corrected chi connectivity index (χ0v) is 12.7. The first-order chi connectivity index (χ1) is 10.7. The second-order valence-electron chi connectivity index (χ2n) is 5.21. The summed E-state index contributed by atoms with van der Waals surface area (Å²) in [5, 5.41) is 3.21. The fourth-order valence-corrected chi connectivity index (χ4v) is 2.42. The van der Waals surface area contributed by atoms with Crippen molar-refractivity contribution in [2.75, 3.05) is 7.11 Å². The highest BCUT2D eigenvalue weighted by atomic mass is 16.5. The van der Waals surface area contributed by atoms with E-state index in [-0.39, 0.29) is 6.10 Å². The van der Waals surface area contributed by atoms with Crippen molar-refractivity contribution in [1.82, 2.24) is 5.32 Å². The standard InChI is InChI=1S/C18H22N2O2/c1-22-16(12-14-8-4-2-5-9-14)17(18(19)21)20-13-15-10-6-3-7-11-15/h2-11,16-17,20H,12-13H2,1H3,(H2,19,21). The van der Waals surface area contributed by atoms with Crippen LogP contribution in [0.25, 0.3) is 0 Å². The lowest BCUT2D eigenvalue weighted by Crippen LogP contribution is -2.50. The van der Waals surface area contributed by atoms with Gasteiger partial charge in [0.25, 0.3) is 0 Å². The van der Waals surface area contributed by atoms with E-state index in [2.05, 4.69) is 5.32 Å². The van der Waals surface area contributed by atoms with Gasteiger partial charge in [-0.05, 0) is 11.1 Å². The van der Waals surface area contributed by atoms with E-state index < -0.39 is 11.9 Å². The maximum absolute atomic E-state index is 11.8. The van der Waals surface area contributed by atoms with Crippen LogP contribution >= 0.6 is 0 Å². The highest BCUT2D eigenvalue weighted by molar-refractivity contribution is 5.80. The Morgan fingerprint density at radius 3 is 2.09 bits per heavy atom. The molecule has 22 heavy (non-hydrogen) atoms. The number of amides is 1. The van der Waals surface area contributed by atoms with Crippen molar-refractivity contribution in [3.63, 3.8) is 0 Å². The van der Waals surface area contributed by atoms with Crippen molar-refractivity contribution in [2.45, 2.75) is 25.1 Å². The summed E-state index contributed by atoms with van der Waals surface area (Å²) in [7, 11) is 1.60. The van der Waals surface area contributed by atoms with E-state index >= 15 is 0 Å². The molecule has 0 bridgehead atoms. The van der Waals surface area contributed by atoms with Crippen LogP contribution in [-0.4, -0.2) is 25.2 Å². The molecule has 0 aliphatic carbocycles. The molecule has 2 atom stereocenters. The summed E-state index contributed by atoms with van der Waals surface area (Å²) in [6, 6.07) is 19.3. The molecule has 1 amide bonds. The Labute approximate surface area is 131 Å². The highest BCUT2D eigenvalue weighted by Crippen LogP contribution is 2.10. The van der Waals surface area contributed by atoms with Gasteiger partial charge in [-0.15, -0.1) is 0 Å². The molecule has 0 saturated heterocycles. The third kappa shape index (κ3) is 4.69. The van der Waals surface area contributed by atoms with Gasteiger partial charge in [-0.3, -0.25) is 10.1 Å². The average Bonchev–Trinajstić information content (AvgIpc) is 2.55. The summed E-state index contributed by atoms with van der Waals surface area (Å²) in [5.41, 5.74) is 7.76. The molecule has 0 radical (unpaired) electrons. The molecule has 2 rings (SSSR count). The average molecular weight is 298 g/mol. The second-order valence-corrected chi connectivity index (χ2v) is 5.21. The molecule has 0 spiro atoms. The van der Waals surface area contributed by atoms with Crippen molar-refractivity contribution in [3.05, 3.63) is 71.8 Å². The number of methoxy groups -OCH3 is 1. The minimum atomic E-state index is -0.537. The number of hydrogen-bond acceptors (Lipinski definition) is 3. The number of ether oxygens (including phenoxy) is 1. The number of benzene rings is 2. The van der Waals surface area contributed by atoms with Gasteiger partial charge in [0.15, 0.2) is 0 Å². The number of carbonyl (C=O) groups is 1. The van der Waals surface area contributed by atoms with Crippen molar-refractivity contribution < 1.29 is 9.53 Å². The number of primary amides is 1. The Balaban J connectivity index is 2.03. The summed E-state index contributed by atoms with van der Waals surface area (Å²) in [6.45, 7) is 0.573. The molecular formula is C18H22N2O2. The van der Waals surface area contributed by atoms with Crippen LogP contribution in [0.3, 0.4) is 0 Å². The largest absolute Gasteiger partial charge is 0.379 e. The van der Waals surface area contributed by atoms with Crippen LogP contribution in [0.4, 0.5) is 0 Å². The van der Waals surface area contributed by atoms with E-state index in [0.717, 1.165) is 11.1 Å². The van der Waals surface area contributed by atoms with Gasteiger partial charge in [-0.1, -0.05) is 60.7 Å². The lowest BCUT2D eigenvalue weighted by molar-refractivity contribution is -0.123. The van der Waals surface area contributed by atoms with Gasteiger partial charge in [0.05, 0.1) is 6.10 Å². The maximum atomic E-state index is 11.8. The summed E-state index contributed by atoms with van der Waals surface area (Å²) in [5.74, 6) is -0.404. The Bertz CT molecular complexity index is 572. The molecule has 4 heteroatoms. The lowest BCUT2D eigenvalue weighted by atomic mass is 10.0. The minimum Gasteiger partial charge on any atom is -0.379 e. The van der Waals surface area contributed by atoms with Crippen molar-refractivity contribution >= 4 is 5.91 Å². The minimum absolute atomic E-state index is 0.302. The van der Waals surface area contributed by atoms with E-state index in [0.29, 0.717) is 13.0 Å². The monoisotopic (exact) mass is 298 g/mol. The SMILES string of the molecule is COC(Cc1ccccc1)C(NCc1ccccc1)C(N)=O. The number of hydrogen-bond donors (Lipinski definition) is 2. The van der Waals surface area contributed by atoms with E-state index in [1.165, 1.54) is 0 Å². The third-order valence-electron chi connectivity index (χ3n) is 3.63. The van der Waals surface area contributed by atoms with Crippen LogP contribution < -0.4 is 11.1 Å². The van der Waals surface area contributed by atoms with Crippen molar-refractivity contribution in [1.29, 1.82) is 0 Å². The fourth-order valence-electron chi connectivity index (χ4n) is 2.42. The Hall–Kier alpha value is -2.17. The molecule has 0 aliphatic heterocycles. The van der Waals surface area contributed by atoms with Gasteiger partial charge in [-0.25, -0.2) is 0 Å². The first-order valence-electron chi connectivity index (χ1n) is 7.34. The van der Waals surface area contributed by atoms with Gasteiger partial charge in [-0.2, -0.15) is 0 Å². The second kappa shape index (κ2) is 8.32. The smallest absolute Gasteiger partial charge is 0.237 e. The molecule has 2 aromatic carbocycles. The third-order valence-corrected chi connectivity index (χ3v) is 3.63. The Morgan fingerprint density at radius 1 is 1.05 bits per heavy atom. The normalized spacial score (nSPS) is 13.5. The van der Waals surface area contributed by atoms with Crippen molar-refractivity contribution in [2.24, 2.45) is 5.73 Å². The fraction of sp³-hybridized carbons (Fsp3) is 0.278. The van der Waals surface area contributed by atoms with Gasteiger partial charge in [0.2, 0.25) is 5.91 Å². The zero-order chi connectivity index (χ0) is 15.8. The molecule has 0 heterocycles. The molecular weight excluding hydrogens is 276 g/mol. The predicted octanol–water partition coefficient (Wildman–Crippen LogP) is 1.89. The summed E-state index contributed by atoms with van der Waals surface area (Å²) < 4.78 is 5.50. The van der Waals surface area contributed by atoms with Crippen LogP contribution in [0.5, 0.6) is 0 Å². The van der Waals surface area contributed by atoms with Crippen LogP contribution in [0.1, 0.15) is 11.1 Å². The Kier molecular flexibility index (Phi) is 6.13. The molecule has 4 nitrogen and oxygen atoms in total. The molecule has 0 aliphatic rings. The number of rotatable bonds is 8. The number of nitrogens with two attached hydrogens (primary N) is 1.